The number of hydrogen-bond acceptors (Lipinski definition) is 5. The predicted molar refractivity (Wildman–Crippen MR) is 84.9 cm³/mol. The molecule has 23 heavy (non-hydrogen) atoms. The number of hydrogen-bond donors (Lipinski definition) is 1. The first kappa shape index (κ1) is 16.0. The largest absolute Gasteiger partial charge is 0.338 e. The van der Waals surface area contributed by atoms with Gasteiger partial charge in [-0.05, 0) is 39.2 Å². The Labute approximate surface area is 136 Å². The lowest BCUT2D eigenvalue weighted by molar-refractivity contribution is -0.130. The maximum absolute atomic E-state index is 12.2. The number of nitrogens with one attached hydrogen (secondary N) is 1. The van der Waals surface area contributed by atoms with E-state index in [0.717, 1.165) is 44.5 Å². The monoisotopic (exact) mass is 320 g/mol. The Morgan fingerprint density at radius 1 is 1.30 bits per heavy atom. The second-order valence-corrected chi connectivity index (χ2v) is 6.48. The molecule has 3 heterocycles. The van der Waals surface area contributed by atoms with E-state index in [0.29, 0.717) is 12.4 Å². The van der Waals surface area contributed by atoms with Crippen molar-refractivity contribution in [2.75, 3.05) is 25.0 Å². The molecule has 2 saturated heterocycles. The molecule has 7 nitrogen and oxygen atoms in total. The highest BCUT2D eigenvalue weighted by molar-refractivity contribution is 5.91. The molecule has 1 aromatic rings. The summed E-state index contributed by atoms with van der Waals surface area (Å²) in [4.78, 5) is 28.2. The van der Waals surface area contributed by atoms with Gasteiger partial charge in [0.05, 0.1) is 12.2 Å². The standard InChI is InChI=1S/C16H24N4O3/c1-11-9-16(23-18-11)17-15(22)10-19-7-3-5-13(19)14-6-4-8-20(14)12(2)21/h9,13-14H,3-8,10H2,1-2H3,(H,17,22)/t13-,14+/m0/s1. The summed E-state index contributed by atoms with van der Waals surface area (Å²) >= 11 is 0. The van der Waals surface area contributed by atoms with E-state index in [1.807, 2.05) is 11.8 Å². The van der Waals surface area contributed by atoms with E-state index in [1.54, 1.807) is 13.0 Å². The van der Waals surface area contributed by atoms with Gasteiger partial charge in [-0.3, -0.25) is 19.8 Å². The minimum absolute atomic E-state index is 0.0968. The number of carbonyl (C=O) groups excluding carboxylic acids is 2. The summed E-state index contributed by atoms with van der Waals surface area (Å²) in [6.45, 7) is 5.51. The van der Waals surface area contributed by atoms with Crippen LogP contribution in [0.5, 0.6) is 0 Å². The van der Waals surface area contributed by atoms with E-state index >= 15 is 0 Å². The fourth-order valence-electron chi connectivity index (χ4n) is 3.85. The summed E-state index contributed by atoms with van der Waals surface area (Å²) in [6.07, 6.45) is 4.20. The smallest absolute Gasteiger partial charge is 0.240 e. The summed E-state index contributed by atoms with van der Waals surface area (Å²) in [6, 6.07) is 2.23. The molecular weight excluding hydrogens is 296 g/mol. The van der Waals surface area contributed by atoms with Gasteiger partial charge in [0.25, 0.3) is 0 Å². The van der Waals surface area contributed by atoms with Gasteiger partial charge in [0.15, 0.2) is 0 Å². The van der Waals surface area contributed by atoms with Crippen LogP contribution in [0.25, 0.3) is 0 Å². The summed E-state index contributed by atoms with van der Waals surface area (Å²) < 4.78 is 5.02. The van der Waals surface area contributed by atoms with Crippen LogP contribution in [0.3, 0.4) is 0 Å². The average molecular weight is 320 g/mol. The first-order valence-corrected chi connectivity index (χ1v) is 8.29. The van der Waals surface area contributed by atoms with Crippen molar-refractivity contribution in [1.29, 1.82) is 0 Å². The molecule has 7 heteroatoms. The van der Waals surface area contributed by atoms with Gasteiger partial charge in [-0.1, -0.05) is 5.16 Å². The quantitative estimate of drug-likeness (QED) is 0.907. The molecule has 0 spiro atoms. The number of anilines is 1. The van der Waals surface area contributed by atoms with Gasteiger partial charge in [0.2, 0.25) is 17.7 Å². The summed E-state index contributed by atoms with van der Waals surface area (Å²) in [5, 5.41) is 6.51. The lowest BCUT2D eigenvalue weighted by Gasteiger charge is -2.34. The number of likely N-dealkylation sites (tertiary alicyclic amines) is 2. The van der Waals surface area contributed by atoms with E-state index in [9.17, 15) is 9.59 Å². The van der Waals surface area contributed by atoms with Gasteiger partial charge in [-0.25, -0.2) is 0 Å². The highest BCUT2D eigenvalue weighted by Gasteiger charge is 2.39. The van der Waals surface area contributed by atoms with Crippen LogP contribution < -0.4 is 5.32 Å². The number of nitrogens with zero attached hydrogens (tertiary/aromatic N) is 3. The molecule has 0 radical (unpaired) electrons. The molecule has 1 aromatic heterocycles. The van der Waals surface area contributed by atoms with Crippen LogP contribution in [-0.2, 0) is 9.59 Å². The Morgan fingerprint density at radius 3 is 2.74 bits per heavy atom. The van der Waals surface area contributed by atoms with Crippen molar-refractivity contribution >= 4 is 17.7 Å². The van der Waals surface area contributed by atoms with Gasteiger partial charge in [-0.15, -0.1) is 0 Å². The molecule has 0 bridgehead atoms. The molecule has 2 atom stereocenters. The highest BCUT2D eigenvalue weighted by Crippen LogP contribution is 2.29. The zero-order valence-electron chi connectivity index (χ0n) is 13.7. The number of amides is 2. The van der Waals surface area contributed by atoms with Crippen LogP contribution in [0.1, 0.15) is 38.3 Å². The molecule has 0 aromatic carbocycles. The van der Waals surface area contributed by atoms with Gasteiger partial charge in [-0.2, -0.15) is 0 Å². The lowest BCUT2D eigenvalue weighted by Crippen LogP contribution is -2.49. The maximum atomic E-state index is 12.2. The minimum atomic E-state index is -0.0968. The van der Waals surface area contributed by atoms with Gasteiger partial charge < -0.3 is 9.42 Å². The number of aromatic nitrogens is 1. The fraction of sp³-hybridized carbons (Fsp3) is 0.688. The Hall–Kier alpha value is -1.89. The van der Waals surface area contributed by atoms with Crippen LogP contribution >= 0.6 is 0 Å². The Kier molecular flexibility index (Phi) is 4.66. The van der Waals surface area contributed by atoms with Crippen molar-refractivity contribution < 1.29 is 14.1 Å². The molecule has 0 unspecified atom stereocenters. The highest BCUT2D eigenvalue weighted by atomic mass is 16.5. The molecule has 2 amide bonds. The second kappa shape index (κ2) is 6.70. The van der Waals surface area contributed by atoms with Crippen molar-refractivity contribution in [3.63, 3.8) is 0 Å². The molecule has 2 aliphatic rings. The Morgan fingerprint density at radius 2 is 2.04 bits per heavy atom. The fourth-order valence-corrected chi connectivity index (χ4v) is 3.85. The molecule has 0 aliphatic carbocycles. The van der Waals surface area contributed by atoms with E-state index in [4.69, 9.17) is 4.52 Å². The molecule has 3 rings (SSSR count). The van der Waals surface area contributed by atoms with Gasteiger partial charge in [0, 0.05) is 31.6 Å². The van der Waals surface area contributed by atoms with Crippen LogP contribution in [0.15, 0.2) is 10.6 Å². The van der Waals surface area contributed by atoms with Gasteiger partial charge in [0.1, 0.15) is 0 Å². The predicted octanol–water partition coefficient (Wildman–Crippen LogP) is 1.40. The third kappa shape index (κ3) is 3.55. The van der Waals surface area contributed by atoms with E-state index in [-0.39, 0.29) is 23.9 Å². The summed E-state index contributed by atoms with van der Waals surface area (Å²) in [5.74, 6) is 0.427. The number of rotatable bonds is 4. The normalized spacial score (nSPS) is 25.0. The number of aryl methyl sites for hydroxylation is 1. The van der Waals surface area contributed by atoms with Crippen molar-refractivity contribution in [2.24, 2.45) is 0 Å². The van der Waals surface area contributed by atoms with Crippen LogP contribution in [0.2, 0.25) is 0 Å². The van der Waals surface area contributed by atoms with Crippen LogP contribution in [0, 0.1) is 6.92 Å². The molecule has 1 N–H and O–H groups in total. The Bertz CT molecular complexity index is 586. The van der Waals surface area contributed by atoms with Crippen molar-refractivity contribution in [3.8, 4) is 0 Å². The topological polar surface area (TPSA) is 78.7 Å². The average Bonchev–Trinajstić information content (AvgIpc) is 3.18. The molecule has 0 saturated carbocycles. The van der Waals surface area contributed by atoms with E-state index in [2.05, 4.69) is 15.4 Å². The SMILES string of the molecule is CC(=O)N1CCC[C@@H]1[C@@H]1CCCN1CC(=O)Nc1cc(C)no1. The molecule has 2 aliphatic heterocycles. The second-order valence-electron chi connectivity index (χ2n) is 6.48. The third-order valence-corrected chi connectivity index (χ3v) is 4.80. The molecule has 126 valence electrons. The zero-order valence-corrected chi connectivity index (χ0v) is 13.7. The summed E-state index contributed by atoms with van der Waals surface area (Å²) in [7, 11) is 0. The van der Waals surface area contributed by atoms with E-state index in [1.165, 1.54) is 0 Å². The van der Waals surface area contributed by atoms with Crippen LogP contribution in [-0.4, -0.2) is 58.5 Å². The van der Waals surface area contributed by atoms with Crippen LogP contribution in [0.4, 0.5) is 5.88 Å². The number of carbonyl (C=O) groups is 2. The third-order valence-electron chi connectivity index (χ3n) is 4.80. The van der Waals surface area contributed by atoms with Gasteiger partial charge >= 0.3 is 0 Å². The Balaban J connectivity index is 1.60. The summed E-state index contributed by atoms with van der Waals surface area (Å²) in [5.41, 5.74) is 0.738. The zero-order chi connectivity index (χ0) is 16.4. The van der Waals surface area contributed by atoms with Crippen molar-refractivity contribution in [3.05, 3.63) is 11.8 Å². The first-order chi connectivity index (χ1) is 11.0. The van der Waals surface area contributed by atoms with Crippen molar-refractivity contribution in [1.82, 2.24) is 15.0 Å². The molecule has 2 fully saturated rings. The first-order valence-electron chi connectivity index (χ1n) is 8.29. The van der Waals surface area contributed by atoms with Crippen molar-refractivity contribution in [2.45, 2.75) is 51.6 Å². The minimum Gasteiger partial charge on any atom is -0.338 e. The maximum Gasteiger partial charge on any atom is 0.240 e. The van der Waals surface area contributed by atoms with E-state index < -0.39 is 0 Å². The lowest BCUT2D eigenvalue weighted by atomic mass is 10.0. The molecular formula is C16H24N4O3.